The molecule has 0 aromatic carbocycles. The first kappa shape index (κ1) is 11.4. The van der Waals surface area contributed by atoms with Crippen molar-refractivity contribution in [3.8, 4) is 0 Å². The summed E-state index contributed by atoms with van der Waals surface area (Å²) in [5.41, 5.74) is 0. The van der Waals surface area contributed by atoms with Gasteiger partial charge in [-0.15, -0.1) is 0 Å². The molecule has 0 unspecified atom stereocenters. The van der Waals surface area contributed by atoms with Gasteiger partial charge in [-0.05, 0) is 20.0 Å². The van der Waals surface area contributed by atoms with E-state index in [2.05, 4.69) is 21.7 Å². The Labute approximate surface area is 84.7 Å². The van der Waals surface area contributed by atoms with Crippen LogP contribution in [0, 0.1) is 0 Å². The van der Waals surface area contributed by atoms with E-state index in [1.807, 2.05) is 0 Å². The number of carbonyl (C=O) groups excluding carboxylic acids is 1. The average molecular weight is 201 g/mol. The maximum absolute atomic E-state index is 10.7. The van der Waals surface area contributed by atoms with Gasteiger partial charge in [0.15, 0.2) is 0 Å². The quantitative estimate of drug-likeness (QED) is 0.617. The molecule has 5 nitrogen and oxygen atoms in total. The molecule has 0 aromatic rings. The molecule has 0 radical (unpaired) electrons. The molecule has 1 rings (SSSR count). The van der Waals surface area contributed by atoms with Crippen LogP contribution in [0.4, 0.5) is 0 Å². The third-order valence-corrected chi connectivity index (χ3v) is 2.58. The molecular formula is C9H19N3O2. The van der Waals surface area contributed by atoms with Gasteiger partial charge in [0.1, 0.15) is 0 Å². The first-order chi connectivity index (χ1) is 6.72. The van der Waals surface area contributed by atoms with Crippen LogP contribution in [-0.4, -0.2) is 55.5 Å². The zero-order valence-corrected chi connectivity index (χ0v) is 8.74. The molecule has 1 fully saturated rings. The number of nitrogens with zero attached hydrogens (tertiary/aromatic N) is 2. The van der Waals surface area contributed by atoms with E-state index in [0.29, 0.717) is 6.42 Å². The number of carbonyl (C=O) groups is 1. The molecular weight excluding hydrogens is 182 g/mol. The molecule has 0 atom stereocenters. The van der Waals surface area contributed by atoms with Gasteiger partial charge in [0.05, 0.1) is 0 Å². The summed E-state index contributed by atoms with van der Waals surface area (Å²) >= 11 is 0. The lowest BCUT2D eigenvalue weighted by Crippen LogP contribution is -2.44. The molecule has 0 aromatic heterocycles. The second-order valence-electron chi connectivity index (χ2n) is 3.74. The van der Waals surface area contributed by atoms with Gasteiger partial charge >= 0.3 is 5.97 Å². The molecule has 5 heteroatoms. The third kappa shape index (κ3) is 4.04. The fourth-order valence-corrected chi connectivity index (χ4v) is 1.58. The van der Waals surface area contributed by atoms with E-state index in [0.717, 1.165) is 39.1 Å². The van der Waals surface area contributed by atoms with Crippen LogP contribution in [0.3, 0.4) is 0 Å². The van der Waals surface area contributed by atoms with Crippen molar-refractivity contribution in [1.82, 2.24) is 9.80 Å². The lowest BCUT2D eigenvalue weighted by atomic mass is 10.2. The highest BCUT2D eigenvalue weighted by molar-refractivity contribution is 5.68. The van der Waals surface area contributed by atoms with Gasteiger partial charge in [0.25, 0.3) is 0 Å². The van der Waals surface area contributed by atoms with E-state index in [4.69, 9.17) is 5.90 Å². The van der Waals surface area contributed by atoms with Gasteiger partial charge in [-0.3, -0.25) is 4.79 Å². The van der Waals surface area contributed by atoms with Crippen LogP contribution in [0.2, 0.25) is 0 Å². The zero-order chi connectivity index (χ0) is 10.4. The van der Waals surface area contributed by atoms with Gasteiger partial charge in [-0.25, -0.2) is 0 Å². The summed E-state index contributed by atoms with van der Waals surface area (Å²) in [6, 6.07) is 0. The summed E-state index contributed by atoms with van der Waals surface area (Å²) in [6.07, 6.45) is 1.25. The molecule has 1 aliphatic heterocycles. The van der Waals surface area contributed by atoms with Crippen LogP contribution in [-0.2, 0) is 9.63 Å². The topological polar surface area (TPSA) is 58.8 Å². The zero-order valence-electron chi connectivity index (χ0n) is 8.74. The number of piperazine rings is 1. The first-order valence-corrected chi connectivity index (χ1v) is 5.03. The lowest BCUT2D eigenvalue weighted by Gasteiger charge is -2.32. The summed E-state index contributed by atoms with van der Waals surface area (Å²) in [4.78, 5) is 19.5. The van der Waals surface area contributed by atoms with Crippen LogP contribution in [0.1, 0.15) is 12.8 Å². The van der Waals surface area contributed by atoms with E-state index in [9.17, 15) is 4.79 Å². The molecule has 14 heavy (non-hydrogen) atoms. The summed E-state index contributed by atoms with van der Waals surface area (Å²) < 4.78 is 0. The van der Waals surface area contributed by atoms with Gasteiger partial charge in [-0.1, -0.05) is 0 Å². The standard InChI is InChI=1S/C9H19N3O2/c1-11-5-7-12(8-6-11)4-2-3-9(13)14-10/h2-8,10H2,1H3. The van der Waals surface area contributed by atoms with E-state index in [1.165, 1.54) is 0 Å². The lowest BCUT2D eigenvalue weighted by molar-refractivity contribution is -0.144. The third-order valence-electron chi connectivity index (χ3n) is 2.58. The van der Waals surface area contributed by atoms with Crippen molar-refractivity contribution >= 4 is 5.97 Å². The molecule has 0 amide bonds. The SMILES string of the molecule is CN1CCN(CCCC(=O)ON)CC1. The smallest absolute Gasteiger partial charge is 0.324 e. The Morgan fingerprint density at radius 3 is 2.57 bits per heavy atom. The maximum Gasteiger partial charge on any atom is 0.324 e. The molecule has 1 saturated heterocycles. The average Bonchev–Trinajstić information content (AvgIpc) is 2.21. The van der Waals surface area contributed by atoms with Crippen molar-refractivity contribution < 1.29 is 9.63 Å². The number of hydrogen-bond acceptors (Lipinski definition) is 5. The Kier molecular flexibility index (Phi) is 4.86. The van der Waals surface area contributed by atoms with Crippen LogP contribution >= 0.6 is 0 Å². The second-order valence-corrected chi connectivity index (χ2v) is 3.74. The highest BCUT2D eigenvalue weighted by atomic mass is 16.7. The summed E-state index contributed by atoms with van der Waals surface area (Å²) in [7, 11) is 2.13. The fourth-order valence-electron chi connectivity index (χ4n) is 1.58. The number of hydrogen-bond donors (Lipinski definition) is 1. The minimum Gasteiger partial charge on any atom is -0.373 e. The minimum absolute atomic E-state index is 0.320. The number of rotatable bonds is 4. The second kappa shape index (κ2) is 5.95. The van der Waals surface area contributed by atoms with Crippen molar-refractivity contribution in [2.24, 2.45) is 5.90 Å². The Hall–Kier alpha value is -0.650. The molecule has 1 heterocycles. The predicted octanol–water partition coefficient (Wildman–Crippen LogP) is -0.569. The highest BCUT2D eigenvalue weighted by Gasteiger charge is 2.13. The van der Waals surface area contributed by atoms with E-state index < -0.39 is 0 Å². The van der Waals surface area contributed by atoms with Gasteiger partial charge in [0.2, 0.25) is 0 Å². The molecule has 1 aliphatic rings. The van der Waals surface area contributed by atoms with Crippen molar-refractivity contribution in [2.45, 2.75) is 12.8 Å². The largest absolute Gasteiger partial charge is 0.373 e. The molecule has 0 saturated carbocycles. The van der Waals surface area contributed by atoms with E-state index in [-0.39, 0.29) is 5.97 Å². The van der Waals surface area contributed by atoms with Gasteiger partial charge in [-0.2, -0.15) is 5.90 Å². The van der Waals surface area contributed by atoms with Crippen LogP contribution in [0.15, 0.2) is 0 Å². The molecule has 0 spiro atoms. The minimum atomic E-state index is -0.320. The predicted molar refractivity (Wildman–Crippen MR) is 53.5 cm³/mol. The van der Waals surface area contributed by atoms with Crippen LogP contribution in [0.25, 0.3) is 0 Å². The molecule has 0 aliphatic carbocycles. The Balaban J connectivity index is 2.04. The van der Waals surface area contributed by atoms with Crippen molar-refractivity contribution in [3.05, 3.63) is 0 Å². The highest BCUT2D eigenvalue weighted by Crippen LogP contribution is 2.01. The normalized spacial score (nSPS) is 19.6. The monoisotopic (exact) mass is 201 g/mol. The first-order valence-electron chi connectivity index (χ1n) is 5.03. The van der Waals surface area contributed by atoms with Gasteiger partial charge in [0, 0.05) is 32.6 Å². The molecule has 82 valence electrons. The summed E-state index contributed by atoms with van der Waals surface area (Å²) in [5.74, 6) is 4.42. The molecule has 0 bridgehead atoms. The number of nitrogens with two attached hydrogens (primary N) is 1. The van der Waals surface area contributed by atoms with Crippen LogP contribution < -0.4 is 5.90 Å². The number of likely N-dealkylation sites (N-methyl/N-ethyl adjacent to an activating group) is 1. The van der Waals surface area contributed by atoms with Crippen LogP contribution in [0.5, 0.6) is 0 Å². The maximum atomic E-state index is 10.7. The summed E-state index contributed by atoms with van der Waals surface area (Å²) in [6.45, 7) is 5.37. The van der Waals surface area contributed by atoms with Crippen molar-refractivity contribution in [2.75, 3.05) is 39.8 Å². The summed E-state index contributed by atoms with van der Waals surface area (Å²) in [5, 5.41) is 0. The van der Waals surface area contributed by atoms with Gasteiger partial charge < -0.3 is 14.6 Å². The fraction of sp³-hybridized carbons (Fsp3) is 0.889. The Morgan fingerprint density at radius 1 is 1.36 bits per heavy atom. The Bertz CT molecular complexity index is 179. The molecule has 2 N–H and O–H groups in total. The van der Waals surface area contributed by atoms with E-state index >= 15 is 0 Å². The van der Waals surface area contributed by atoms with Crippen molar-refractivity contribution in [3.63, 3.8) is 0 Å². The van der Waals surface area contributed by atoms with Crippen molar-refractivity contribution in [1.29, 1.82) is 0 Å². The van der Waals surface area contributed by atoms with E-state index in [1.54, 1.807) is 0 Å². The Morgan fingerprint density at radius 2 is 2.00 bits per heavy atom.